The van der Waals surface area contributed by atoms with Crippen LogP contribution in [0, 0.1) is 0 Å². The number of methoxy groups -OCH3 is 1. The van der Waals surface area contributed by atoms with E-state index in [1.165, 1.54) is 6.42 Å². The molecular weight excluding hydrogens is 284 g/mol. The van der Waals surface area contributed by atoms with Gasteiger partial charge in [-0.3, -0.25) is 0 Å². The molecule has 1 aliphatic carbocycles. The second kappa shape index (κ2) is 5.18. The summed E-state index contributed by atoms with van der Waals surface area (Å²) in [5, 5.41) is 6.24. The first kappa shape index (κ1) is 12.6. The Hall–Kier alpha value is -0.880. The number of rotatable bonds is 5. The highest BCUT2D eigenvalue weighted by molar-refractivity contribution is 9.10. The minimum Gasteiger partial charge on any atom is -0.376 e. The molecule has 1 fully saturated rings. The fourth-order valence-electron chi connectivity index (χ4n) is 1.88. The van der Waals surface area contributed by atoms with E-state index in [9.17, 15) is 0 Å². The minimum atomic E-state index is -0.00973. The molecule has 1 aliphatic rings. The minimum absolute atomic E-state index is 0.00973. The van der Waals surface area contributed by atoms with Gasteiger partial charge in [0.2, 0.25) is 5.95 Å². The molecule has 5 nitrogen and oxygen atoms in total. The van der Waals surface area contributed by atoms with Gasteiger partial charge in [0.15, 0.2) is 0 Å². The molecule has 94 valence electrons. The third kappa shape index (κ3) is 2.69. The topological polar surface area (TPSA) is 59.1 Å². The molecule has 17 heavy (non-hydrogen) atoms. The Bertz CT molecular complexity index is 390. The van der Waals surface area contributed by atoms with Gasteiger partial charge in [0.05, 0.1) is 10.1 Å². The van der Waals surface area contributed by atoms with E-state index in [1.54, 1.807) is 20.4 Å². The van der Waals surface area contributed by atoms with Crippen LogP contribution >= 0.6 is 15.9 Å². The monoisotopic (exact) mass is 300 g/mol. The number of anilines is 2. The molecule has 0 saturated heterocycles. The molecule has 0 bridgehead atoms. The van der Waals surface area contributed by atoms with E-state index in [0.29, 0.717) is 5.95 Å². The van der Waals surface area contributed by atoms with Crippen LogP contribution < -0.4 is 10.6 Å². The van der Waals surface area contributed by atoms with Gasteiger partial charge in [-0.15, -0.1) is 0 Å². The van der Waals surface area contributed by atoms with E-state index < -0.39 is 0 Å². The first-order chi connectivity index (χ1) is 8.19. The van der Waals surface area contributed by atoms with Gasteiger partial charge in [0.1, 0.15) is 5.82 Å². The predicted octanol–water partition coefficient (Wildman–Crippen LogP) is 2.26. The number of halogens is 1. The average Bonchev–Trinajstić information content (AvgIpc) is 2.30. The second-order valence-electron chi connectivity index (χ2n) is 4.23. The highest BCUT2D eigenvalue weighted by Gasteiger charge is 2.36. The summed E-state index contributed by atoms with van der Waals surface area (Å²) in [6, 6.07) is 0. The van der Waals surface area contributed by atoms with Crippen molar-refractivity contribution in [3.63, 3.8) is 0 Å². The van der Waals surface area contributed by atoms with Crippen molar-refractivity contribution in [2.45, 2.75) is 24.9 Å². The molecule has 2 N–H and O–H groups in total. The van der Waals surface area contributed by atoms with Crippen LogP contribution in [0.5, 0.6) is 0 Å². The van der Waals surface area contributed by atoms with E-state index in [1.807, 2.05) is 0 Å². The normalized spacial score (nSPS) is 17.4. The lowest BCUT2D eigenvalue weighted by atomic mass is 9.80. The van der Waals surface area contributed by atoms with Crippen molar-refractivity contribution >= 4 is 27.7 Å². The van der Waals surface area contributed by atoms with Crippen LogP contribution in [0.15, 0.2) is 10.7 Å². The van der Waals surface area contributed by atoms with Gasteiger partial charge in [-0.05, 0) is 35.2 Å². The van der Waals surface area contributed by atoms with Gasteiger partial charge in [-0.1, -0.05) is 0 Å². The van der Waals surface area contributed by atoms with E-state index in [-0.39, 0.29) is 5.60 Å². The number of aromatic nitrogens is 2. The smallest absolute Gasteiger partial charge is 0.224 e. The lowest BCUT2D eigenvalue weighted by Crippen LogP contribution is -2.45. The molecule has 0 unspecified atom stereocenters. The summed E-state index contributed by atoms with van der Waals surface area (Å²) in [7, 11) is 3.57. The molecule has 0 amide bonds. The molecule has 0 aromatic carbocycles. The molecule has 1 saturated carbocycles. The van der Waals surface area contributed by atoms with Crippen molar-refractivity contribution in [2.24, 2.45) is 0 Å². The first-order valence-corrected chi connectivity index (χ1v) is 6.48. The zero-order chi connectivity index (χ0) is 12.3. The van der Waals surface area contributed by atoms with Crippen LogP contribution in [0.4, 0.5) is 11.8 Å². The molecular formula is C11H17BrN4O. The molecule has 0 aliphatic heterocycles. The standard InChI is InChI=1S/C11H17BrN4O/c1-13-10-14-6-8(12)9(16-10)15-7-11(17-2)4-3-5-11/h6H,3-5,7H2,1-2H3,(H2,13,14,15,16). The third-order valence-electron chi connectivity index (χ3n) is 3.24. The summed E-state index contributed by atoms with van der Waals surface area (Å²) in [5.74, 6) is 1.41. The van der Waals surface area contributed by atoms with Crippen molar-refractivity contribution in [1.29, 1.82) is 0 Å². The number of hydrogen-bond donors (Lipinski definition) is 2. The van der Waals surface area contributed by atoms with Crippen LogP contribution in [-0.4, -0.2) is 36.3 Å². The van der Waals surface area contributed by atoms with E-state index in [2.05, 4.69) is 36.5 Å². The first-order valence-electron chi connectivity index (χ1n) is 5.68. The predicted molar refractivity (Wildman–Crippen MR) is 71.4 cm³/mol. The second-order valence-corrected chi connectivity index (χ2v) is 5.09. The SMILES string of the molecule is CNc1ncc(Br)c(NCC2(OC)CCC2)n1. The van der Waals surface area contributed by atoms with Crippen molar-refractivity contribution in [1.82, 2.24) is 9.97 Å². The van der Waals surface area contributed by atoms with Crippen molar-refractivity contribution in [3.05, 3.63) is 10.7 Å². The molecule has 1 aromatic heterocycles. The van der Waals surface area contributed by atoms with Crippen LogP contribution in [0.3, 0.4) is 0 Å². The van der Waals surface area contributed by atoms with E-state index in [4.69, 9.17) is 4.74 Å². The molecule has 6 heteroatoms. The van der Waals surface area contributed by atoms with Crippen LogP contribution in [-0.2, 0) is 4.74 Å². The van der Waals surface area contributed by atoms with Crippen molar-refractivity contribution in [2.75, 3.05) is 31.3 Å². The largest absolute Gasteiger partial charge is 0.376 e. The summed E-state index contributed by atoms with van der Waals surface area (Å²) >= 11 is 3.43. The Morgan fingerprint density at radius 1 is 1.53 bits per heavy atom. The molecule has 2 rings (SSSR count). The summed E-state index contributed by atoms with van der Waals surface area (Å²) in [6.45, 7) is 0.780. The van der Waals surface area contributed by atoms with E-state index >= 15 is 0 Å². The Morgan fingerprint density at radius 3 is 2.82 bits per heavy atom. The van der Waals surface area contributed by atoms with Gasteiger partial charge in [-0.2, -0.15) is 4.98 Å². The molecule has 0 radical (unpaired) electrons. The Morgan fingerprint density at radius 2 is 2.29 bits per heavy atom. The fraction of sp³-hybridized carbons (Fsp3) is 0.636. The van der Waals surface area contributed by atoms with E-state index in [0.717, 1.165) is 29.7 Å². The number of nitrogens with one attached hydrogen (secondary N) is 2. The summed E-state index contributed by atoms with van der Waals surface area (Å²) in [4.78, 5) is 8.47. The Balaban J connectivity index is 2.02. The molecule has 0 spiro atoms. The number of nitrogens with zero attached hydrogens (tertiary/aromatic N) is 2. The van der Waals surface area contributed by atoms with Gasteiger partial charge in [0.25, 0.3) is 0 Å². The molecule has 1 heterocycles. The maximum atomic E-state index is 5.56. The van der Waals surface area contributed by atoms with Gasteiger partial charge in [-0.25, -0.2) is 4.98 Å². The lowest BCUT2D eigenvalue weighted by Gasteiger charge is -2.40. The maximum absolute atomic E-state index is 5.56. The van der Waals surface area contributed by atoms with Crippen molar-refractivity contribution in [3.8, 4) is 0 Å². The highest BCUT2D eigenvalue weighted by atomic mass is 79.9. The summed E-state index contributed by atoms with van der Waals surface area (Å²) in [5.41, 5.74) is -0.00973. The summed E-state index contributed by atoms with van der Waals surface area (Å²) in [6.07, 6.45) is 5.19. The number of hydrogen-bond acceptors (Lipinski definition) is 5. The molecule has 0 atom stereocenters. The van der Waals surface area contributed by atoms with Gasteiger partial charge in [0, 0.05) is 26.9 Å². The Kier molecular flexibility index (Phi) is 3.83. The fourth-order valence-corrected chi connectivity index (χ4v) is 2.21. The third-order valence-corrected chi connectivity index (χ3v) is 3.82. The number of ether oxygens (including phenoxy) is 1. The average molecular weight is 301 g/mol. The Labute approximate surface area is 110 Å². The van der Waals surface area contributed by atoms with Gasteiger partial charge >= 0.3 is 0 Å². The van der Waals surface area contributed by atoms with Crippen molar-refractivity contribution < 1.29 is 4.74 Å². The van der Waals surface area contributed by atoms with Gasteiger partial charge < -0.3 is 15.4 Å². The maximum Gasteiger partial charge on any atom is 0.224 e. The van der Waals surface area contributed by atoms with Crippen LogP contribution in [0.2, 0.25) is 0 Å². The zero-order valence-corrected chi connectivity index (χ0v) is 11.7. The quantitative estimate of drug-likeness (QED) is 0.873. The molecule has 1 aromatic rings. The zero-order valence-electron chi connectivity index (χ0n) is 10.1. The van der Waals surface area contributed by atoms with Crippen LogP contribution in [0.25, 0.3) is 0 Å². The highest BCUT2D eigenvalue weighted by Crippen LogP contribution is 2.35. The summed E-state index contributed by atoms with van der Waals surface area (Å²) < 4.78 is 6.42. The lowest BCUT2D eigenvalue weighted by molar-refractivity contribution is -0.0601. The van der Waals surface area contributed by atoms with Crippen LogP contribution in [0.1, 0.15) is 19.3 Å².